The van der Waals surface area contributed by atoms with Crippen LogP contribution in [0.25, 0.3) is 0 Å². The van der Waals surface area contributed by atoms with Crippen molar-refractivity contribution in [3.8, 4) is 0 Å². The summed E-state index contributed by atoms with van der Waals surface area (Å²) >= 11 is 0. The Morgan fingerprint density at radius 2 is 1.82 bits per heavy atom. The summed E-state index contributed by atoms with van der Waals surface area (Å²) in [5.41, 5.74) is 0. The molecule has 0 aliphatic heterocycles. The first-order valence-corrected chi connectivity index (χ1v) is 9.11. The summed E-state index contributed by atoms with van der Waals surface area (Å²) in [6.45, 7) is 0. The van der Waals surface area contributed by atoms with Gasteiger partial charge in [-0.15, -0.1) is 0 Å². The molecule has 2 rings (SSSR count). The van der Waals surface area contributed by atoms with Gasteiger partial charge in [0, 0.05) is 12.5 Å². The summed E-state index contributed by atoms with van der Waals surface area (Å²) < 4.78 is 37.9. The van der Waals surface area contributed by atoms with Crippen molar-refractivity contribution >= 4 is 32.7 Å². The average molecular weight is 339 g/mol. The van der Waals surface area contributed by atoms with E-state index in [4.69, 9.17) is 0 Å². The topological polar surface area (TPSA) is 105 Å². The predicted molar refractivity (Wildman–Crippen MR) is 82.4 cm³/mol. The fourth-order valence-corrected chi connectivity index (χ4v) is 3.96. The van der Waals surface area contributed by atoms with Crippen molar-refractivity contribution in [3.05, 3.63) is 48.7 Å². The van der Waals surface area contributed by atoms with Gasteiger partial charge >= 0.3 is 6.03 Å². The van der Waals surface area contributed by atoms with Crippen LogP contribution in [0.4, 0.5) is 10.6 Å². The van der Waals surface area contributed by atoms with Gasteiger partial charge < -0.3 is 0 Å². The maximum absolute atomic E-state index is 12.2. The molecule has 1 aromatic heterocycles. The molecule has 0 fully saturated rings. The number of sulfonamides is 1. The monoisotopic (exact) mass is 339 g/mol. The maximum atomic E-state index is 12.2. The van der Waals surface area contributed by atoms with Crippen LogP contribution < -0.4 is 10.0 Å². The van der Waals surface area contributed by atoms with Gasteiger partial charge in [0.2, 0.25) is 0 Å². The van der Waals surface area contributed by atoms with Crippen LogP contribution in [-0.2, 0) is 20.8 Å². The van der Waals surface area contributed by atoms with Gasteiger partial charge in [0.05, 0.1) is 15.7 Å². The number of carbonyl (C=O) groups is 1. The molecule has 7 nitrogen and oxygen atoms in total. The molecule has 0 spiro atoms. The van der Waals surface area contributed by atoms with E-state index < -0.39 is 26.9 Å². The molecule has 0 bridgehead atoms. The molecule has 0 saturated heterocycles. The number of carbonyl (C=O) groups excluding carboxylic acids is 1. The van der Waals surface area contributed by atoms with E-state index in [9.17, 15) is 17.4 Å². The van der Waals surface area contributed by atoms with Gasteiger partial charge in [-0.05, 0) is 24.3 Å². The number of nitrogens with zero attached hydrogens (tertiary/aromatic N) is 1. The van der Waals surface area contributed by atoms with Crippen LogP contribution >= 0.6 is 0 Å². The summed E-state index contributed by atoms with van der Waals surface area (Å²) in [4.78, 5) is 15.5. The normalized spacial score (nSPS) is 12.4. The van der Waals surface area contributed by atoms with E-state index in [0.717, 1.165) is 0 Å². The van der Waals surface area contributed by atoms with Crippen molar-refractivity contribution < 1.29 is 17.4 Å². The molecule has 1 heterocycles. The van der Waals surface area contributed by atoms with Crippen molar-refractivity contribution in [2.24, 2.45) is 0 Å². The summed E-state index contributed by atoms with van der Waals surface area (Å²) in [5, 5.41) is 2.30. The lowest BCUT2D eigenvalue weighted by Crippen LogP contribution is -2.35. The molecule has 0 radical (unpaired) electrons. The highest BCUT2D eigenvalue weighted by Crippen LogP contribution is 2.18. The van der Waals surface area contributed by atoms with Crippen molar-refractivity contribution in [2.75, 3.05) is 11.6 Å². The van der Waals surface area contributed by atoms with Gasteiger partial charge in [-0.25, -0.2) is 22.9 Å². The fourth-order valence-electron chi connectivity index (χ4n) is 1.67. The predicted octanol–water partition coefficient (Wildman–Crippen LogP) is 1.33. The van der Waals surface area contributed by atoms with E-state index in [0.29, 0.717) is 0 Å². The molecule has 0 aliphatic carbocycles. The Labute approximate surface area is 130 Å². The molecule has 0 aliphatic rings. The number of nitrogens with one attached hydrogen (secondary N) is 2. The van der Waals surface area contributed by atoms with Gasteiger partial charge in [-0.2, -0.15) is 0 Å². The van der Waals surface area contributed by atoms with Crippen molar-refractivity contribution in [1.82, 2.24) is 9.71 Å². The molecule has 116 valence electrons. The van der Waals surface area contributed by atoms with Crippen molar-refractivity contribution in [2.45, 2.75) is 9.79 Å². The largest absolute Gasteiger partial charge is 0.334 e. The lowest BCUT2D eigenvalue weighted by atomic mass is 10.4. The third-order valence-corrected chi connectivity index (χ3v) is 5.08. The number of amides is 2. The van der Waals surface area contributed by atoms with Crippen LogP contribution in [0.5, 0.6) is 0 Å². The third-order valence-electron chi connectivity index (χ3n) is 2.58. The molecular weight excluding hydrogens is 326 g/mol. The van der Waals surface area contributed by atoms with Crippen LogP contribution in [0.2, 0.25) is 0 Å². The van der Waals surface area contributed by atoms with E-state index in [2.05, 4.69) is 10.3 Å². The second-order valence-corrected chi connectivity index (χ2v) is 7.17. The number of anilines is 1. The van der Waals surface area contributed by atoms with Crippen molar-refractivity contribution in [1.29, 1.82) is 0 Å². The highest BCUT2D eigenvalue weighted by molar-refractivity contribution is 7.91. The molecule has 1 atom stereocenters. The van der Waals surface area contributed by atoms with E-state index in [1.54, 1.807) is 18.2 Å². The van der Waals surface area contributed by atoms with Crippen LogP contribution in [-0.4, -0.2) is 29.9 Å². The third kappa shape index (κ3) is 3.89. The summed E-state index contributed by atoms with van der Waals surface area (Å²) in [6, 6.07) is 9.65. The Hall–Kier alpha value is -2.26. The van der Waals surface area contributed by atoms with E-state index in [1.165, 1.54) is 36.7 Å². The first-order chi connectivity index (χ1) is 10.4. The molecule has 2 N–H and O–H groups in total. The number of hydrogen-bond donors (Lipinski definition) is 2. The minimum atomic E-state index is -4.14. The molecule has 1 aromatic carbocycles. The molecule has 2 aromatic rings. The zero-order chi connectivity index (χ0) is 16.2. The molecule has 1 unspecified atom stereocenters. The molecule has 9 heteroatoms. The van der Waals surface area contributed by atoms with Crippen LogP contribution in [0, 0.1) is 0 Å². The first-order valence-electron chi connectivity index (χ1n) is 6.07. The summed E-state index contributed by atoms with van der Waals surface area (Å²) in [6.07, 6.45) is 2.82. The Bertz CT molecular complexity index is 807. The van der Waals surface area contributed by atoms with Crippen molar-refractivity contribution in [3.63, 3.8) is 0 Å². The highest BCUT2D eigenvalue weighted by Gasteiger charge is 2.22. The van der Waals surface area contributed by atoms with Gasteiger partial charge in [0.1, 0.15) is 10.7 Å². The molecular formula is C13H13N3O4S2. The Morgan fingerprint density at radius 3 is 2.45 bits per heavy atom. The van der Waals surface area contributed by atoms with Crippen LogP contribution in [0.3, 0.4) is 0 Å². The van der Waals surface area contributed by atoms with Gasteiger partial charge in [-0.3, -0.25) is 9.53 Å². The Kier molecular flexibility index (Phi) is 4.88. The summed E-state index contributed by atoms with van der Waals surface area (Å²) in [7, 11) is -5.64. The van der Waals surface area contributed by atoms with Crippen LogP contribution in [0.1, 0.15) is 0 Å². The smallest absolute Gasteiger partial charge is 0.292 e. The number of aromatic nitrogens is 1. The Balaban J connectivity index is 2.21. The number of rotatable bonds is 4. The zero-order valence-corrected chi connectivity index (χ0v) is 13.1. The standard InChI is InChI=1S/C13H13N3O4S2/c1-21(18)10-6-2-3-7-11(10)22(19,20)16-13(17)15-12-8-4-5-9-14-12/h2-9H,1H3,(H2,14,15,16,17). The van der Waals surface area contributed by atoms with Gasteiger partial charge in [0.15, 0.2) is 0 Å². The molecule has 2 amide bonds. The van der Waals surface area contributed by atoms with Crippen LogP contribution in [0.15, 0.2) is 58.5 Å². The lowest BCUT2D eigenvalue weighted by Gasteiger charge is -2.10. The van der Waals surface area contributed by atoms with Gasteiger partial charge in [0.25, 0.3) is 10.0 Å². The average Bonchev–Trinajstić information content (AvgIpc) is 2.47. The lowest BCUT2D eigenvalue weighted by molar-refractivity contribution is 0.256. The second kappa shape index (κ2) is 6.67. The minimum Gasteiger partial charge on any atom is -0.292 e. The van der Waals surface area contributed by atoms with E-state index in [1.807, 2.05) is 4.72 Å². The Morgan fingerprint density at radius 1 is 1.14 bits per heavy atom. The zero-order valence-electron chi connectivity index (χ0n) is 11.5. The molecule has 0 saturated carbocycles. The fraction of sp³-hybridized carbons (Fsp3) is 0.0769. The SMILES string of the molecule is CS(=O)c1ccccc1S(=O)(=O)NC(=O)Nc1ccccn1. The first kappa shape index (κ1) is 16.1. The number of pyridine rings is 1. The van der Waals surface area contributed by atoms with E-state index in [-0.39, 0.29) is 15.6 Å². The number of urea groups is 1. The van der Waals surface area contributed by atoms with E-state index >= 15 is 0 Å². The second-order valence-electron chi connectivity index (χ2n) is 4.18. The maximum Gasteiger partial charge on any atom is 0.334 e. The number of hydrogen-bond acceptors (Lipinski definition) is 5. The minimum absolute atomic E-state index is 0.126. The quantitative estimate of drug-likeness (QED) is 0.874. The highest BCUT2D eigenvalue weighted by atomic mass is 32.2. The molecule has 22 heavy (non-hydrogen) atoms. The number of benzene rings is 1. The summed E-state index contributed by atoms with van der Waals surface area (Å²) in [5.74, 6) is 0.211. The van der Waals surface area contributed by atoms with Gasteiger partial charge in [-0.1, -0.05) is 18.2 Å².